The highest BCUT2D eigenvalue weighted by Crippen LogP contribution is 2.26. The van der Waals surface area contributed by atoms with Crippen molar-refractivity contribution in [2.45, 2.75) is 42.0 Å². The number of nitrogens with one attached hydrogen (secondary N) is 1. The second-order valence-electron chi connectivity index (χ2n) is 7.24. The second-order valence-corrected chi connectivity index (χ2v) is 9.86. The van der Waals surface area contributed by atoms with E-state index in [9.17, 15) is 13.2 Å². The Morgan fingerprint density at radius 3 is 2.33 bits per heavy atom. The lowest BCUT2D eigenvalue weighted by Crippen LogP contribution is -2.32. The third-order valence-electron chi connectivity index (χ3n) is 5.23. The van der Waals surface area contributed by atoms with Gasteiger partial charge in [0.1, 0.15) is 5.75 Å². The van der Waals surface area contributed by atoms with Crippen molar-refractivity contribution in [2.75, 3.05) is 26.5 Å². The summed E-state index contributed by atoms with van der Waals surface area (Å²) in [4.78, 5) is 15.9. The molecule has 0 bridgehead atoms. The maximum atomic E-state index is 13.1. The lowest BCUT2D eigenvalue weighted by Gasteiger charge is -2.22. The van der Waals surface area contributed by atoms with Crippen LogP contribution in [0.3, 0.4) is 0 Å². The average Bonchev–Trinajstić information content (AvgIpc) is 3.06. The first-order valence-electron chi connectivity index (χ1n) is 10.0. The smallest absolute Gasteiger partial charge is 0.255 e. The minimum absolute atomic E-state index is 0.0894. The van der Waals surface area contributed by atoms with Crippen LogP contribution in [0.25, 0.3) is 0 Å². The molecule has 0 radical (unpaired) electrons. The van der Waals surface area contributed by atoms with Crippen LogP contribution in [0.1, 0.15) is 41.6 Å². The van der Waals surface area contributed by atoms with Crippen molar-refractivity contribution in [3.05, 3.63) is 53.6 Å². The monoisotopic (exact) mass is 448 g/mol. The van der Waals surface area contributed by atoms with Crippen LogP contribution >= 0.6 is 11.8 Å². The summed E-state index contributed by atoms with van der Waals surface area (Å²) in [5, 5.41) is 0. The van der Waals surface area contributed by atoms with Crippen LogP contribution < -0.4 is 9.46 Å². The molecule has 1 fully saturated rings. The van der Waals surface area contributed by atoms with Gasteiger partial charge < -0.3 is 9.64 Å². The predicted molar refractivity (Wildman–Crippen MR) is 120 cm³/mol. The zero-order valence-corrected chi connectivity index (χ0v) is 19.0. The number of likely N-dealkylation sites (tertiary alicyclic amines) is 1. The Bertz CT molecular complexity index is 967. The summed E-state index contributed by atoms with van der Waals surface area (Å²) in [5.74, 6) is 0.624. The molecule has 0 atom stereocenters. The summed E-state index contributed by atoms with van der Waals surface area (Å²) in [6.07, 6.45) is 6.12. The molecule has 1 N–H and O–H groups in total. The van der Waals surface area contributed by atoms with Gasteiger partial charge in [0.05, 0.1) is 17.6 Å². The Labute approximate surface area is 183 Å². The lowest BCUT2D eigenvalue weighted by molar-refractivity contribution is 0.0758. The van der Waals surface area contributed by atoms with Crippen molar-refractivity contribution in [3.63, 3.8) is 0 Å². The summed E-state index contributed by atoms with van der Waals surface area (Å²) in [6.45, 7) is 1.60. The summed E-state index contributed by atoms with van der Waals surface area (Å²) >= 11 is 1.45. The highest BCUT2D eigenvalue weighted by molar-refractivity contribution is 7.98. The number of hydrogen-bond donors (Lipinski definition) is 1. The minimum Gasteiger partial charge on any atom is -0.497 e. The van der Waals surface area contributed by atoms with E-state index in [-0.39, 0.29) is 17.3 Å². The largest absolute Gasteiger partial charge is 0.497 e. The summed E-state index contributed by atoms with van der Waals surface area (Å²) < 4.78 is 33.5. The Kier molecular flexibility index (Phi) is 7.80. The zero-order valence-electron chi connectivity index (χ0n) is 17.4. The van der Waals surface area contributed by atoms with Gasteiger partial charge in [0, 0.05) is 24.5 Å². The first-order chi connectivity index (χ1) is 14.4. The van der Waals surface area contributed by atoms with Crippen LogP contribution in [0.15, 0.2) is 52.3 Å². The van der Waals surface area contributed by atoms with E-state index in [1.54, 1.807) is 31.4 Å². The Hall–Kier alpha value is -2.03. The van der Waals surface area contributed by atoms with Crippen molar-refractivity contribution in [2.24, 2.45) is 0 Å². The van der Waals surface area contributed by atoms with Crippen molar-refractivity contribution in [1.82, 2.24) is 9.62 Å². The van der Waals surface area contributed by atoms with Crippen molar-refractivity contribution in [3.8, 4) is 5.75 Å². The summed E-state index contributed by atoms with van der Waals surface area (Å²) in [6, 6.07) is 12.0. The molecular formula is C22H28N2O4S2. The van der Waals surface area contributed by atoms with Gasteiger partial charge in [0.2, 0.25) is 10.0 Å². The molecule has 162 valence electrons. The highest BCUT2D eigenvalue weighted by Gasteiger charge is 2.23. The predicted octanol–water partition coefficient (Wildman–Crippen LogP) is 3.91. The number of carbonyl (C=O) groups excluding carboxylic acids is 1. The molecule has 0 saturated carbocycles. The number of methoxy groups -OCH3 is 1. The topological polar surface area (TPSA) is 75.7 Å². The molecule has 0 aromatic heterocycles. The van der Waals surface area contributed by atoms with Gasteiger partial charge in [0.25, 0.3) is 5.91 Å². The summed E-state index contributed by atoms with van der Waals surface area (Å²) in [7, 11) is -2.17. The molecule has 1 saturated heterocycles. The van der Waals surface area contributed by atoms with Gasteiger partial charge in [-0.05, 0) is 55.0 Å². The number of sulfonamides is 1. The number of rotatable bonds is 7. The van der Waals surface area contributed by atoms with Crippen molar-refractivity contribution >= 4 is 27.7 Å². The third kappa shape index (κ3) is 5.56. The minimum atomic E-state index is -3.75. The maximum absolute atomic E-state index is 13.1. The molecule has 0 unspecified atom stereocenters. The van der Waals surface area contributed by atoms with Crippen LogP contribution in [-0.2, 0) is 16.6 Å². The number of amides is 1. The molecule has 6 nitrogen and oxygen atoms in total. The molecule has 1 aliphatic heterocycles. The van der Waals surface area contributed by atoms with Crippen molar-refractivity contribution < 1.29 is 17.9 Å². The molecule has 2 aromatic carbocycles. The van der Waals surface area contributed by atoms with Crippen LogP contribution in [-0.4, -0.2) is 45.7 Å². The van der Waals surface area contributed by atoms with E-state index >= 15 is 0 Å². The molecule has 0 spiro atoms. The first kappa shape index (κ1) is 22.7. The Morgan fingerprint density at radius 2 is 1.73 bits per heavy atom. The Balaban J connectivity index is 1.80. The standard InChI is InChI=1S/C22H28N2O4S2/c1-28-18-9-7-17(8-10-18)16-23-30(26,27)19-11-12-21(29-2)20(15-19)22(25)24-13-5-3-4-6-14-24/h7-12,15,23H,3-6,13-14,16H2,1-2H3. The fraction of sp³-hybridized carbons (Fsp3) is 0.409. The third-order valence-corrected chi connectivity index (χ3v) is 7.43. The molecular weight excluding hydrogens is 420 g/mol. The summed E-state index contributed by atoms with van der Waals surface area (Å²) in [5.41, 5.74) is 1.28. The van der Waals surface area contributed by atoms with E-state index in [1.165, 1.54) is 17.8 Å². The van der Waals surface area contributed by atoms with Crippen molar-refractivity contribution in [1.29, 1.82) is 0 Å². The lowest BCUT2D eigenvalue weighted by atomic mass is 10.2. The number of ether oxygens (including phenoxy) is 1. The van der Waals surface area contributed by atoms with E-state index in [4.69, 9.17) is 4.74 Å². The average molecular weight is 449 g/mol. The van der Waals surface area contributed by atoms with E-state index in [0.717, 1.165) is 49.2 Å². The van der Waals surface area contributed by atoms with Crippen LogP contribution in [0.4, 0.5) is 0 Å². The quantitative estimate of drug-likeness (QED) is 0.650. The van der Waals surface area contributed by atoms with Gasteiger partial charge in [-0.1, -0.05) is 25.0 Å². The fourth-order valence-electron chi connectivity index (χ4n) is 3.47. The normalized spacial score (nSPS) is 14.9. The van der Waals surface area contributed by atoms with E-state index < -0.39 is 10.0 Å². The molecule has 2 aromatic rings. The molecule has 3 rings (SSSR count). The van der Waals surface area contributed by atoms with Gasteiger partial charge in [-0.3, -0.25) is 4.79 Å². The molecule has 1 aliphatic rings. The van der Waals surface area contributed by atoms with Gasteiger partial charge in [-0.2, -0.15) is 0 Å². The van der Waals surface area contributed by atoms with E-state index in [2.05, 4.69) is 4.72 Å². The zero-order chi connectivity index (χ0) is 21.6. The second kappa shape index (κ2) is 10.3. The fourth-order valence-corrected chi connectivity index (χ4v) is 5.08. The van der Waals surface area contributed by atoms with Gasteiger partial charge >= 0.3 is 0 Å². The number of carbonyl (C=O) groups is 1. The SMILES string of the molecule is COc1ccc(CNS(=O)(=O)c2ccc(SC)c(C(=O)N3CCCCCC3)c2)cc1. The van der Waals surface area contributed by atoms with Crippen LogP contribution in [0.2, 0.25) is 0 Å². The maximum Gasteiger partial charge on any atom is 0.255 e. The highest BCUT2D eigenvalue weighted by atomic mass is 32.2. The molecule has 8 heteroatoms. The van der Waals surface area contributed by atoms with Gasteiger partial charge in [-0.15, -0.1) is 11.8 Å². The van der Waals surface area contributed by atoms with E-state index in [1.807, 2.05) is 23.3 Å². The van der Waals surface area contributed by atoms with Crippen LogP contribution in [0.5, 0.6) is 5.75 Å². The number of hydrogen-bond acceptors (Lipinski definition) is 5. The van der Waals surface area contributed by atoms with Gasteiger partial charge in [0.15, 0.2) is 0 Å². The molecule has 1 heterocycles. The number of thioether (sulfide) groups is 1. The Morgan fingerprint density at radius 1 is 1.07 bits per heavy atom. The first-order valence-corrected chi connectivity index (χ1v) is 12.8. The number of benzene rings is 2. The molecule has 30 heavy (non-hydrogen) atoms. The van der Waals surface area contributed by atoms with Gasteiger partial charge in [-0.25, -0.2) is 13.1 Å². The van der Waals surface area contributed by atoms with Crippen LogP contribution in [0, 0.1) is 0 Å². The molecule has 0 aliphatic carbocycles. The number of nitrogens with zero attached hydrogens (tertiary/aromatic N) is 1. The van der Waals surface area contributed by atoms with E-state index in [0.29, 0.717) is 11.3 Å². The molecule has 1 amide bonds.